The highest BCUT2D eigenvalue weighted by Gasteiger charge is 2.31. The molecule has 4 rings (SSSR count). The second-order valence-electron chi connectivity index (χ2n) is 8.83. The summed E-state index contributed by atoms with van der Waals surface area (Å²) in [4.78, 5) is 20.4. The van der Waals surface area contributed by atoms with Crippen LogP contribution in [0.15, 0.2) is 60.8 Å². The van der Waals surface area contributed by atoms with Gasteiger partial charge in [-0.2, -0.15) is 0 Å². The summed E-state index contributed by atoms with van der Waals surface area (Å²) in [5.41, 5.74) is 2.72. The van der Waals surface area contributed by atoms with Gasteiger partial charge in [0.15, 0.2) is 0 Å². The van der Waals surface area contributed by atoms with Gasteiger partial charge in [-0.25, -0.2) is 0 Å². The van der Waals surface area contributed by atoms with Crippen molar-refractivity contribution in [3.05, 3.63) is 77.6 Å². The van der Waals surface area contributed by atoms with E-state index in [1.165, 1.54) is 32.2 Å². The van der Waals surface area contributed by atoms with Crippen LogP contribution in [-0.4, -0.2) is 35.4 Å². The number of aryl methyl sites for hydroxylation is 1. The summed E-state index contributed by atoms with van der Waals surface area (Å²) in [6, 6.07) is 13.7. The number of piperidine rings is 1. The van der Waals surface area contributed by atoms with Crippen LogP contribution in [0.2, 0.25) is 0 Å². The fourth-order valence-corrected chi connectivity index (χ4v) is 4.96. The number of hydrogen-bond acceptors (Lipinski definition) is 3. The Labute approximate surface area is 180 Å². The van der Waals surface area contributed by atoms with Crippen LogP contribution in [0.4, 0.5) is 0 Å². The maximum absolute atomic E-state index is 13.1. The predicted octanol–water partition coefficient (Wildman–Crippen LogP) is 4.93. The highest BCUT2D eigenvalue weighted by atomic mass is 16.1. The zero-order chi connectivity index (χ0) is 20.8. The molecule has 3 atom stereocenters. The van der Waals surface area contributed by atoms with E-state index in [0.29, 0.717) is 5.92 Å². The summed E-state index contributed by atoms with van der Waals surface area (Å²) in [5, 5.41) is 3.35. The minimum absolute atomic E-state index is 0.00158. The molecule has 1 aromatic heterocycles. The number of amides is 1. The molecule has 1 saturated heterocycles. The third-order valence-electron chi connectivity index (χ3n) is 6.59. The third kappa shape index (κ3) is 5.17. The molecule has 2 aliphatic rings. The van der Waals surface area contributed by atoms with E-state index < -0.39 is 0 Å². The molecule has 2 aromatic rings. The van der Waals surface area contributed by atoms with Crippen LogP contribution in [0.1, 0.15) is 59.8 Å². The van der Waals surface area contributed by atoms with Crippen molar-refractivity contribution in [1.82, 2.24) is 15.2 Å². The Bertz CT molecular complexity index is 864. The van der Waals surface area contributed by atoms with Crippen molar-refractivity contribution in [1.29, 1.82) is 0 Å². The molecule has 4 nitrogen and oxygen atoms in total. The van der Waals surface area contributed by atoms with Gasteiger partial charge in [0.1, 0.15) is 0 Å². The first-order valence-electron chi connectivity index (χ1n) is 11.4. The lowest BCUT2D eigenvalue weighted by atomic mass is 9.86. The number of rotatable bonds is 6. The van der Waals surface area contributed by atoms with Crippen molar-refractivity contribution in [3.8, 4) is 0 Å². The third-order valence-corrected chi connectivity index (χ3v) is 6.59. The molecule has 0 radical (unpaired) electrons. The fraction of sp³-hybridized carbons (Fsp3) is 0.462. The lowest BCUT2D eigenvalue weighted by Gasteiger charge is -2.38. The molecular weight excluding hydrogens is 370 g/mol. The Hall–Kier alpha value is -2.46. The number of benzene rings is 1. The Morgan fingerprint density at radius 3 is 2.80 bits per heavy atom. The SMILES string of the molecule is Cc1ccccc1C(=O)N[C@H](c1ccccn1)[C@H]1CCCN(C[C@H]2CC=CCC2)C1. The minimum Gasteiger partial charge on any atom is -0.343 e. The zero-order valence-electron chi connectivity index (χ0n) is 18.0. The van der Waals surface area contributed by atoms with Crippen molar-refractivity contribution >= 4 is 5.91 Å². The molecule has 0 spiro atoms. The Morgan fingerprint density at radius 1 is 1.17 bits per heavy atom. The number of nitrogens with zero attached hydrogens (tertiary/aromatic N) is 2. The molecule has 0 saturated carbocycles. The largest absolute Gasteiger partial charge is 0.343 e. The van der Waals surface area contributed by atoms with Crippen LogP contribution in [-0.2, 0) is 0 Å². The van der Waals surface area contributed by atoms with Crippen molar-refractivity contribution < 1.29 is 4.79 Å². The number of likely N-dealkylation sites (tertiary alicyclic amines) is 1. The van der Waals surface area contributed by atoms with Crippen LogP contribution in [0.5, 0.6) is 0 Å². The highest BCUT2D eigenvalue weighted by Crippen LogP contribution is 2.31. The maximum atomic E-state index is 13.1. The van der Waals surface area contributed by atoms with Crippen LogP contribution in [0.25, 0.3) is 0 Å². The molecule has 158 valence electrons. The Morgan fingerprint density at radius 2 is 2.03 bits per heavy atom. The first-order valence-corrected chi connectivity index (χ1v) is 11.4. The van der Waals surface area contributed by atoms with Crippen LogP contribution < -0.4 is 5.32 Å². The normalized spacial score (nSPS) is 23.1. The lowest BCUT2D eigenvalue weighted by molar-refractivity contribution is 0.0863. The van der Waals surface area contributed by atoms with E-state index in [1.807, 2.05) is 55.6 Å². The fourth-order valence-electron chi connectivity index (χ4n) is 4.96. The Balaban J connectivity index is 1.50. The van der Waals surface area contributed by atoms with Crippen LogP contribution >= 0.6 is 0 Å². The van der Waals surface area contributed by atoms with Gasteiger partial charge in [0.05, 0.1) is 11.7 Å². The van der Waals surface area contributed by atoms with Gasteiger partial charge in [0, 0.05) is 24.8 Å². The minimum atomic E-state index is -0.0626. The molecule has 1 aliphatic heterocycles. The standard InChI is InChI=1S/C26H33N3O/c1-20-10-5-6-14-23(20)26(30)28-25(24-15-7-8-16-27-24)22-13-9-17-29(19-22)18-21-11-3-2-4-12-21/h2-3,5-8,10,14-16,21-22,25H,4,9,11-13,17-19H2,1H3,(H,28,30)/t21-,22-,25-/m0/s1. The van der Waals surface area contributed by atoms with E-state index in [1.54, 1.807) is 0 Å². The van der Waals surface area contributed by atoms with Crippen molar-refractivity contribution in [2.24, 2.45) is 11.8 Å². The van der Waals surface area contributed by atoms with Gasteiger partial charge in [0.25, 0.3) is 5.91 Å². The molecule has 1 aliphatic carbocycles. The number of nitrogens with one attached hydrogen (secondary N) is 1. The average molecular weight is 404 g/mol. The molecule has 1 N–H and O–H groups in total. The maximum Gasteiger partial charge on any atom is 0.252 e. The molecule has 30 heavy (non-hydrogen) atoms. The first kappa shape index (κ1) is 20.8. The van der Waals surface area contributed by atoms with E-state index in [-0.39, 0.29) is 11.9 Å². The molecule has 2 heterocycles. The molecule has 1 fully saturated rings. The molecule has 0 unspecified atom stereocenters. The summed E-state index contributed by atoms with van der Waals surface area (Å²) in [6.45, 7) is 5.35. The summed E-state index contributed by atoms with van der Waals surface area (Å²) < 4.78 is 0. The van der Waals surface area contributed by atoms with Crippen molar-refractivity contribution in [2.75, 3.05) is 19.6 Å². The molecule has 1 amide bonds. The number of allylic oxidation sites excluding steroid dienone is 2. The first-order chi connectivity index (χ1) is 14.7. The summed E-state index contributed by atoms with van der Waals surface area (Å²) in [7, 11) is 0. The van der Waals surface area contributed by atoms with Gasteiger partial charge in [-0.15, -0.1) is 0 Å². The molecule has 4 heteroatoms. The van der Waals surface area contributed by atoms with Gasteiger partial charge in [-0.3, -0.25) is 9.78 Å². The van der Waals surface area contributed by atoms with E-state index in [4.69, 9.17) is 0 Å². The van der Waals surface area contributed by atoms with Crippen LogP contribution in [0.3, 0.4) is 0 Å². The Kier molecular flexibility index (Phi) is 6.96. The van der Waals surface area contributed by atoms with E-state index >= 15 is 0 Å². The quantitative estimate of drug-likeness (QED) is 0.696. The van der Waals surface area contributed by atoms with E-state index in [0.717, 1.165) is 42.2 Å². The van der Waals surface area contributed by atoms with Gasteiger partial charge < -0.3 is 10.2 Å². The molecule has 0 bridgehead atoms. The second-order valence-corrected chi connectivity index (χ2v) is 8.83. The molecule has 1 aromatic carbocycles. The number of carbonyl (C=O) groups excluding carboxylic acids is 1. The monoisotopic (exact) mass is 403 g/mol. The topological polar surface area (TPSA) is 45.2 Å². The number of hydrogen-bond donors (Lipinski definition) is 1. The van der Waals surface area contributed by atoms with E-state index in [2.05, 4.69) is 27.4 Å². The highest BCUT2D eigenvalue weighted by molar-refractivity contribution is 5.95. The van der Waals surface area contributed by atoms with Crippen molar-refractivity contribution in [3.63, 3.8) is 0 Å². The summed E-state index contributed by atoms with van der Waals surface area (Å²) in [5.74, 6) is 1.14. The molecular formula is C26H33N3O. The van der Waals surface area contributed by atoms with Gasteiger partial charge in [-0.05, 0) is 81.2 Å². The number of carbonyl (C=O) groups is 1. The smallest absolute Gasteiger partial charge is 0.252 e. The van der Waals surface area contributed by atoms with E-state index in [9.17, 15) is 4.79 Å². The lowest BCUT2D eigenvalue weighted by Crippen LogP contribution is -2.44. The number of aromatic nitrogens is 1. The summed E-state index contributed by atoms with van der Waals surface area (Å²) >= 11 is 0. The predicted molar refractivity (Wildman–Crippen MR) is 121 cm³/mol. The van der Waals surface area contributed by atoms with Crippen LogP contribution in [0, 0.1) is 18.8 Å². The average Bonchev–Trinajstić information content (AvgIpc) is 2.79. The second kappa shape index (κ2) is 10.0. The number of pyridine rings is 1. The van der Waals surface area contributed by atoms with Gasteiger partial charge in [-0.1, -0.05) is 36.4 Å². The van der Waals surface area contributed by atoms with Gasteiger partial charge >= 0.3 is 0 Å². The van der Waals surface area contributed by atoms with Crippen molar-refractivity contribution in [2.45, 2.75) is 45.1 Å². The zero-order valence-corrected chi connectivity index (χ0v) is 18.0. The summed E-state index contributed by atoms with van der Waals surface area (Å²) in [6.07, 6.45) is 12.5. The van der Waals surface area contributed by atoms with Gasteiger partial charge in [0.2, 0.25) is 0 Å².